The molecule has 0 radical (unpaired) electrons. The molecule has 2 N–H and O–H groups in total. The number of hydrogen-bond acceptors (Lipinski definition) is 2. The molecule has 0 spiro atoms. The van der Waals surface area contributed by atoms with Crippen LogP contribution in [0.4, 0.5) is 5.69 Å². The molecule has 1 aromatic carbocycles. The van der Waals surface area contributed by atoms with Gasteiger partial charge in [-0.15, -0.1) is 0 Å². The van der Waals surface area contributed by atoms with E-state index in [2.05, 4.69) is 26.8 Å². The molecule has 2 nitrogen and oxygen atoms in total. The molecule has 0 fully saturated rings. The molecular formula is C13H19NO. The summed E-state index contributed by atoms with van der Waals surface area (Å²) in [5, 5.41) is 0. The van der Waals surface area contributed by atoms with Crippen molar-refractivity contribution in [3.05, 3.63) is 29.3 Å². The van der Waals surface area contributed by atoms with Crippen LogP contribution in [-0.4, -0.2) is 0 Å². The Morgan fingerprint density at radius 2 is 2.00 bits per heavy atom. The van der Waals surface area contributed by atoms with Gasteiger partial charge in [-0.25, -0.2) is 0 Å². The second-order valence-corrected chi connectivity index (χ2v) is 4.27. The molecule has 0 saturated heterocycles. The maximum atomic E-state index is 6.12. The topological polar surface area (TPSA) is 35.2 Å². The Hall–Kier alpha value is -1.02. The summed E-state index contributed by atoms with van der Waals surface area (Å²) in [6, 6.07) is 6.14. The van der Waals surface area contributed by atoms with Gasteiger partial charge in [0.05, 0.1) is 11.7 Å². The molecule has 0 aromatic heterocycles. The van der Waals surface area contributed by atoms with Gasteiger partial charge >= 0.3 is 0 Å². The minimum absolute atomic E-state index is 0.107. The first-order valence-electron chi connectivity index (χ1n) is 5.71. The first-order valence-corrected chi connectivity index (χ1v) is 5.71. The Kier molecular flexibility index (Phi) is 2.47. The maximum absolute atomic E-state index is 6.12. The summed E-state index contributed by atoms with van der Waals surface area (Å²) in [4.78, 5) is 0. The first-order chi connectivity index (χ1) is 7.14. The van der Waals surface area contributed by atoms with Crippen molar-refractivity contribution in [1.29, 1.82) is 0 Å². The number of ether oxygens (including phenoxy) is 1. The molecular weight excluding hydrogens is 186 g/mol. The summed E-state index contributed by atoms with van der Waals surface area (Å²) in [5.41, 5.74) is 9.26. The van der Waals surface area contributed by atoms with Crippen molar-refractivity contribution in [3.63, 3.8) is 0 Å². The number of anilines is 1. The van der Waals surface area contributed by atoms with Gasteiger partial charge < -0.3 is 10.5 Å². The van der Waals surface area contributed by atoms with E-state index in [1.54, 1.807) is 0 Å². The molecule has 82 valence electrons. The van der Waals surface area contributed by atoms with Gasteiger partial charge in [-0.2, -0.15) is 0 Å². The van der Waals surface area contributed by atoms with Gasteiger partial charge in [0.25, 0.3) is 0 Å². The zero-order valence-corrected chi connectivity index (χ0v) is 9.71. The van der Waals surface area contributed by atoms with Crippen molar-refractivity contribution >= 4 is 5.69 Å². The lowest BCUT2D eigenvalue weighted by atomic mass is 9.86. The SMILES string of the molecule is CCC1(CC)O[C@@H](C)c2c(N)cccc21. The highest BCUT2D eigenvalue weighted by molar-refractivity contribution is 5.55. The maximum Gasteiger partial charge on any atom is 0.0938 e. The van der Waals surface area contributed by atoms with Crippen molar-refractivity contribution in [1.82, 2.24) is 0 Å². The van der Waals surface area contributed by atoms with Crippen molar-refractivity contribution in [2.75, 3.05) is 5.73 Å². The smallest absolute Gasteiger partial charge is 0.0938 e. The van der Waals surface area contributed by atoms with Gasteiger partial charge in [-0.1, -0.05) is 26.0 Å². The predicted molar refractivity (Wildman–Crippen MR) is 62.6 cm³/mol. The van der Waals surface area contributed by atoms with E-state index < -0.39 is 0 Å². The van der Waals surface area contributed by atoms with Crippen LogP contribution in [0, 0.1) is 0 Å². The highest BCUT2D eigenvalue weighted by atomic mass is 16.5. The summed E-state index contributed by atoms with van der Waals surface area (Å²) in [6.07, 6.45) is 2.13. The standard InChI is InChI=1S/C13H19NO/c1-4-13(5-2)10-7-6-8-11(14)12(10)9(3)15-13/h6-9H,4-5,14H2,1-3H3/t9-/m0/s1. The molecule has 0 unspecified atom stereocenters. The van der Waals surface area contributed by atoms with Gasteiger partial charge in [0.15, 0.2) is 0 Å². The predicted octanol–water partition coefficient (Wildman–Crippen LogP) is 3.38. The van der Waals surface area contributed by atoms with Crippen molar-refractivity contribution in [2.45, 2.75) is 45.3 Å². The minimum Gasteiger partial charge on any atom is -0.398 e. The molecule has 1 heterocycles. The molecule has 1 aliphatic rings. The summed E-state index contributed by atoms with van der Waals surface area (Å²) in [5.74, 6) is 0. The van der Waals surface area contributed by atoms with Crippen LogP contribution >= 0.6 is 0 Å². The molecule has 2 heteroatoms. The van der Waals surface area contributed by atoms with E-state index in [-0.39, 0.29) is 11.7 Å². The number of benzene rings is 1. The highest BCUT2D eigenvalue weighted by Gasteiger charge is 2.41. The van der Waals surface area contributed by atoms with E-state index in [0.29, 0.717) is 0 Å². The molecule has 0 saturated carbocycles. The van der Waals surface area contributed by atoms with Crippen LogP contribution in [0.15, 0.2) is 18.2 Å². The molecule has 0 bridgehead atoms. The number of hydrogen-bond donors (Lipinski definition) is 1. The van der Waals surface area contributed by atoms with E-state index in [4.69, 9.17) is 10.5 Å². The van der Waals surface area contributed by atoms with Crippen LogP contribution in [-0.2, 0) is 10.3 Å². The molecule has 0 aliphatic carbocycles. The Morgan fingerprint density at radius 3 is 2.60 bits per heavy atom. The van der Waals surface area contributed by atoms with Gasteiger partial charge in [-0.3, -0.25) is 0 Å². The van der Waals surface area contributed by atoms with Gasteiger partial charge in [-0.05, 0) is 31.4 Å². The van der Waals surface area contributed by atoms with Crippen LogP contribution in [0.2, 0.25) is 0 Å². The summed E-state index contributed by atoms with van der Waals surface area (Å²) >= 11 is 0. The van der Waals surface area contributed by atoms with Crippen LogP contribution in [0.25, 0.3) is 0 Å². The Morgan fingerprint density at radius 1 is 1.33 bits per heavy atom. The van der Waals surface area contributed by atoms with Gasteiger partial charge in [0.2, 0.25) is 0 Å². The second kappa shape index (κ2) is 3.53. The van der Waals surface area contributed by atoms with Crippen LogP contribution in [0.5, 0.6) is 0 Å². The van der Waals surface area contributed by atoms with Crippen LogP contribution in [0.1, 0.15) is 50.8 Å². The molecule has 0 amide bonds. The molecule has 1 aliphatic heterocycles. The van der Waals surface area contributed by atoms with E-state index in [1.165, 1.54) is 11.1 Å². The third kappa shape index (κ3) is 1.36. The normalized spacial score (nSPS) is 22.7. The molecule has 1 atom stereocenters. The number of nitrogens with two attached hydrogens (primary N) is 1. The molecule has 15 heavy (non-hydrogen) atoms. The number of fused-ring (bicyclic) bond motifs is 1. The average Bonchev–Trinajstić information content (AvgIpc) is 2.54. The fourth-order valence-corrected chi connectivity index (χ4v) is 2.69. The van der Waals surface area contributed by atoms with Gasteiger partial charge in [0, 0.05) is 11.3 Å². The van der Waals surface area contributed by atoms with E-state index in [1.807, 2.05) is 12.1 Å². The molecule has 1 aromatic rings. The largest absolute Gasteiger partial charge is 0.398 e. The minimum atomic E-state index is -0.107. The fourth-order valence-electron chi connectivity index (χ4n) is 2.69. The number of nitrogen functional groups attached to an aromatic ring is 1. The lowest BCUT2D eigenvalue weighted by molar-refractivity contribution is -0.0747. The fraction of sp³-hybridized carbons (Fsp3) is 0.538. The quantitative estimate of drug-likeness (QED) is 0.751. The zero-order chi connectivity index (χ0) is 11.1. The van der Waals surface area contributed by atoms with Crippen molar-refractivity contribution in [2.24, 2.45) is 0 Å². The third-order valence-electron chi connectivity index (χ3n) is 3.58. The molecule has 2 rings (SSSR count). The van der Waals surface area contributed by atoms with E-state index >= 15 is 0 Å². The first kappa shape index (κ1) is 10.5. The van der Waals surface area contributed by atoms with Crippen molar-refractivity contribution < 1.29 is 4.74 Å². The lowest BCUT2D eigenvalue weighted by Gasteiger charge is -2.27. The highest BCUT2D eigenvalue weighted by Crippen LogP contribution is 2.49. The summed E-state index contributed by atoms with van der Waals surface area (Å²) in [6.45, 7) is 6.44. The Labute approximate surface area is 91.4 Å². The number of rotatable bonds is 2. The van der Waals surface area contributed by atoms with E-state index in [9.17, 15) is 0 Å². The second-order valence-electron chi connectivity index (χ2n) is 4.27. The lowest BCUT2D eigenvalue weighted by Crippen LogP contribution is -2.23. The zero-order valence-electron chi connectivity index (χ0n) is 9.71. The Balaban J connectivity index is 2.60. The Bertz CT molecular complexity index is 369. The van der Waals surface area contributed by atoms with Gasteiger partial charge in [0.1, 0.15) is 0 Å². The average molecular weight is 205 g/mol. The van der Waals surface area contributed by atoms with Crippen molar-refractivity contribution in [3.8, 4) is 0 Å². The summed E-state index contributed by atoms with van der Waals surface area (Å²) in [7, 11) is 0. The van der Waals surface area contributed by atoms with Crippen LogP contribution < -0.4 is 5.73 Å². The summed E-state index contributed by atoms with van der Waals surface area (Å²) < 4.78 is 6.12. The third-order valence-corrected chi connectivity index (χ3v) is 3.58. The van der Waals surface area contributed by atoms with E-state index in [0.717, 1.165) is 18.5 Å². The van der Waals surface area contributed by atoms with Crippen LogP contribution in [0.3, 0.4) is 0 Å². The monoisotopic (exact) mass is 205 g/mol.